The highest BCUT2D eigenvalue weighted by molar-refractivity contribution is 5.82. The average molecular weight is 353 g/mol. The lowest BCUT2D eigenvalue weighted by atomic mass is 10.0. The number of nitrogens with zero attached hydrogens (tertiary/aromatic N) is 3. The summed E-state index contributed by atoms with van der Waals surface area (Å²) in [5.41, 5.74) is 8.79. The van der Waals surface area contributed by atoms with Gasteiger partial charge in [0.05, 0.1) is 5.69 Å². The predicted octanol–water partition coefficient (Wildman–Crippen LogP) is 4.16. The Kier molecular flexibility index (Phi) is 4.12. The third-order valence-electron chi connectivity index (χ3n) is 4.41. The number of halogens is 2. The first-order chi connectivity index (χ1) is 12.6. The molecule has 26 heavy (non-hydrogen) atoms. The molecule has 0 fully saturated rings. The van der Waals surface area contributed by atoms with Crippen LogP contribution in [0.3, 0.4) is 0 Å². The van der Waals surface area contributed by atoms with Gasteiger partial charge in [0.15, 0.2) is 11.6 Å². The lowest BCUT2D eigenvalue weighted by Crippen LogP contribution is -2.26. The molecule has 0 radical (unpaired) electrons. The number of aryl methyl sites for hydroxylation is 1. The molecule has 5 nitrogen and oxygen atoms in total. The van der Waals surface area contributed by atoms with Gasteiger partial charge >= 0.3 is 0 Å². The van der Waals surface area contributed by atoms with E-state index < -0.39 is 11.6 Å². The first-order valence-corrected chi connectivity index (χ1v) is 8.31. The van der Waals surface area contributed by atoms with Crippen molar-refractivity contribution in [2.24, 2.45) is 0 Å². The summed E-state index contributed by atoms with van der Waals surface area (Å²) < 4.78 is 27.3. The third-order valence-corrected chi connectivity index (χ3v) is 4.41. The number of hydrogen-bond donors (Lipinski definition) is 2. The lowest BCUT2D eigenvalue weighted by Gasteiger charge is -2.31. The number of nitrogen functional groups attached to an aromatic ring is 1. The molecule has 0 amide bonds. The zero-order valence-corrected chi connectivity index (χ0v) is 13.9. The van der Waals surface area contributed by atoms with Crippen molar-refractivity contribution < 1.29 is 8.78 Å². The SMILES string of the molecule is Nc1c(Nc2cc(F)ccc2F)ncnc1N1CCCc2ccccc21. The summed E-state index contributed by atoms with van der Waals surface area (Å²) in [5.74, 6) is -0.352. The molecule has 3 N–H and O–H groups in total. The molecule has 0 aliphatic carbocycles. The van der Waals surface area contributed by atoms with Crippen molar-refractivity contribution in [2.45, 2.75) is 12.8 Å². The van der Waals surface area contributed by atoms with E-state index in [-0.39, 0.29) is 17.2 Å². The zero-order chi connectivity index (χ0) is 18.1. The molecule has 0 saturated carbocycles. The van der Waals surface area contributed by atoms with E-state index in [1.165, 1.54) is 11.9 Å². The minimum absolute atomic E-state index is 0.0274. The molecular formula is C19H17F2N5. The van der Waals surface area contributed by atoms with Gasteiger partial charge in [0.2, 0.25) is 0 Å². The summed E-state index contributed by atoms with van der Waals surface area (Å²) in [4.78, 5) is 10.4. The Morgan fingerprint density at radius 1 is 1.08 bits per heavy atom. The Balaban J connectivity index is 1.72. The summed E-state index contributed by atoms with van der Waals surface area (Å²) in [6, 6.07) is 11.3. The van der Waals surface area contributed by atoms with Gasteiger partial charge in [0, 0.05) is 18.3 Å². The van der Waals surface area contributed by atoms with Crippen molar-refractivity contribution in [3.63, 3.8) is 0 Å². The molecule has 1 aliphatic heterocycles. The van der Waals surface area contributed by atoms with Crippen molar-refractivity contribution in [2.75, 3.05) is 22.5 Å². The van der Waals surface area contributed by atoms with Crippen LogP contribution in [0.2, 0.25) is 0 Å². The second kappa shape index (κ2) is 6.59. The molecule has 0 spiro atoms. The van der Waals surface area contributed by atoms with E-state index in [1.54, 1.807) is 0 Å². The number of benzene rings is 2. The zero-order valence-electron chi connectivity index (χ0n) is 13.9. The van der Waals surface area contributed by atoms with Crippen LogP contribution in [0.1, 0.15) is 12.0 Å². The minimum Gasteiger partial charge on any atom is -0.393 e. The van der Waals surface area contributed by atoms with E-state index in [1.807, 2.05) is 23.1 Å². The Hall–Kier alpha value is -3.22. The Morgan fingerprint density at radius 3 is 2.81 bits per heavy atom. The van der Waals surface area contributed by atoms with Crippen molar-refractivity contribution in [3.05, 3.63) is 66.0 Å². The molecule has 0 unspecified atom stereocenters. The molecule has 1 aromatic heterocycles. The van der Waals surface area contributed by atoms with Crippen LogP contribution in [0.25, 0.3) is 0 Å². The average Bonchev–Trinajstić information content (AvgIpc) is 2.66. The number of fused-ring (bicyclic) bond motifs is 1. The molecule has 3 aromatic rings. The van der Waals surface area contributed by atoms with Crippen LogP contribution >= 0.6 is 0 Å². The first kappa shape index (κ1) is 16.3. The van der Waals surface area contributed by atoms with E-state index >= 15 is 0 Å². The number of rotatable bonds is 3. The quantitative estimate of drug-likeness (QED) is 0.740. The third kappa shape index (κ3) is 2.92. The van der Waals surface area contributed by atoms with Crippen LogP contribution in [0.5, 0.6) is 0 Å². The fourth-order valence-corrected chi connectivity index (χ4v) is 3.18. The second-order valence-corrected chi connectivity index (χ2v) is 6.09. The number of anilines is 5. The Labute approximate surface area is 149 Å². The van der Waals surface area contributed by atoms with Crippen molar-refractivity contribution in [1.82, 2.24) is 9.97 Å². The predicted molar refractivity (Wildman–Crippen MR) is 97.9 cm³/mol. The smallest absolute Gasteiger partial charge is 0.161 e. The number of hydrogen-bond acceptors (Lipinski definition) is 5. The van der Waals surface area contributed by atoms with Gasteiger partial charge in [-0.3, -0.25) is 0 Å². The Morgan fingerprint density at radius 2 is 1.92 bits per heavy atom. The van der Waals surface area contributed by atoms with Gasteiger partial charge in [0.1, 0.15) is 23.6 Å². The highest BCUT2D eigenvalue weighted by Crippen LogP contribution is 2.37. The van der Waals surface area contributed by atoms with Gasteiger partial charge in [-0.25, -0.2) is 18.7 Å². The van der Waals surface area contributed by atoms with Crippen LogP contribution in [-0.4, -0.2) is 16.5 Å². The molecule has 7 heteroatoms. The molecule has 0 atom stereocenters. The van der Waals surface area contributed by atoms with Crippen LogP contribution in [0, 0.1) is 11.6 Å². The maximum absolute atomic E-state index is 13.9. The van der Waals surface area contributed by atoms with E-state index in [0.717, 1.165) is 43.3 Å². The molecule has 2 heterocycles. The molecule has 0 saturated heterocycles. The Bertz CT molecular complexity index is 960. The van der Waals surface area contributed by atoms with E-state index in [0.29, 0.717) is 5.82 Å². The first-order valence-electron chi connectivity index (χ1n) is 8.31. The number of nitrogens with two attached hydrogens (primary N) is 1. The molecule has 4 rings (SSSR count). The van der Waals surface area contributed by atoms with Crippen molar-refractivity contribution in [3.8, 4) is 0 Å². The molecule has 132 valence electrons. The topological polar surface area (TPSA) is 67.1 Å². The van der Waals surface area contributed by atoms with Gasteiger partial charge in [-0.1, -0.05) is 18.2 Å². The summed E-state index contributed by atoms with van der Waals surface area (Å²) >= 11 is 0. The van der Waals surface area contributed by atoms with Crippen molar-refractivity contribution in [1.29, 1.82) is 0 Å². The summed E-state index contributed by atoms with van der Waals surface area (Å²) in [7, 11) is 0. The fourth-order valence-electron chi connectivity index (χ4n) is 3.18. The molecule has 1 aliphatic rings. The van der Waals surface area contributed by atoms with E-state index in [4.69, 9.17) is 5.73 Å². The van der Waals surface area contributed by atoms with Crippen molar-refractivity contribution >= 4 is 28.7 Å². The fraction of sp³-hybridized carbons (Fsp3) is 0.158. The normalized spacial score (nSPS) is 13.4. The van der Waals surface area contributed by atoms with Crippen LogP contribution in [0.15, 0.2) is 48.8 Å². The van der Waals surface area contributed by atoms with Crippen LogP contribution in [-0.2, 0) is 6.42 Å². The van der Waals surface area contributed by atoms with E-state index in [9.17, 15) is 8.78 Å². The minimum atomic E-state index is -0.589. The molecular weight excluding hydrogens is 336 g/mol. The standard InChI is InChI=1S/C19H17F2N5/c20-13-7-8-14(21)15(10-13)25-18-17(22)19(24-11-23-18)26-9-3-5-12-4-1-2-6-16(12)26/h1-2,4,6-8,10-11H,3,5,9,22H2,(H,23,24,25). The maximum Gasteiger partial charge on any atom is 0.161 e. The lowest BCUT2D eigenvalue weighted by molar-refractivity contribution is 0.603. The van der Waals surface area contributed by atoms with Gasteiger partial charge in [-0.15, -0.1) is 0 Å². The number of para-hydroxylation sites is 1. The highest BCUT2D eigenvalue weighted by atomic mass is 19.1. The summed E-state index contributed by atoms with van der Waals surface area (Å²) in [5, 5.41) is 2.77. The molecule has 2 aromatic carbocycles. The maximum atomic E-state index is 13.9. The second-order valence-electron chi connectivity index (χ2n) is 6.09. The highest BCUT2D eigenvalue weighted by Gasteiger charge is 2.22. The number of aromatic nitrogens is 2. The van der Waals surface area contributed by atoms with E-state index in [2.05, 4.69) is 21.4 Å². The van der Waals surface area contributed by atoms with Gasteiger partial charge in [0.25, 0.3) is 0 Å². The van der Waals surface area contributed by atoms with Gasteiger partial charge < -0.3 is 16.0 Å². The van der Waals surface area contributed by atoms with Gasteiger partial charge in [-0.2, -0.15) is 0 Å². The largest absolute Gasteiger partial charge is 0.393 e. The summed E-state index contributed by atoms with van der Waals surface area (Å²) in [6.07, 6.45) is 3.33. The molecule has 0 bridgehead atoms. The van der Waals surface area contributed by atoms with Gasteiger partial charge in [-0.05, 0) is 36.6 Å². The number of nitrogens with one attached hydrogen (secondary N) is 1. The van der Waals surface area contributed by atoms with Crippen LogP contribution < -0.4 is 16.0 Å². The van der Waals surface area contributed by atoms with Crippen LogP contribution in [0.4, 0.5) is 37.5 Å². The monoisotopic (exact) mass is 353 g/mol. The summed E-state index contributed by atoms with van der Waals surface area (Å²) in [6.45, 7) is 0.770.